The summed E-state index contributed by atoms with van der Waals surface area (Å²) in [4.78, 5) is 7.87. The average Bonchev–Trinajstić information content (AvgIpc) is 2.05. The van der Waals surface area contributed by atoms with Gasteiger partial charge in [0.15, 0.2) is 0 Å². The van der Waals surface area contributed by atoms with Gasteiger partial charge in [0.05, 0.1) is 11.7 Å². The van der Waals surface area contributed by atoms with Crippen LogP contribution in [0.2, 0.25) is 0 Å². The van der Waals surface area contributed by atoms with Gasteiger partial charge < -0.3 is 5.73 Å². The minimum Gasteiger partial charge on any atom is -0.322 e. The van der Waals surface area contributed by atoms with E-state index in [-0.39, 0.29) is 6.04 Å². The number of hydrogen-bond acceptors (Lipinski definition) is 3. The molecule has 3 nitrogen and oxygen atoms in total. The van der Waals surface area contributed by atoms with E-state index in [9.17, 15) is 0 Å². The van der Waals surface area contributed by atoms with Crippen LogP contribution in [0, 0.1) is 0 Å². The summed E-state index contributed by atoms with van der Waals surface area (Å²) >= 11 is 0. The van der Waals surface area contributed by atoms with Crippen molar-refractivity contribution < 1.29 is 0 Å². The Balaban J connectivity index is 2.65. The molecule has 0 saturated carbocycles. The highest BCUT2D eigenvalue weighted by Crippen LogP contribution is 2.13. The van der Waals surface area contributed by atoms with Crippen LogP contribution in [0.5, 0.6) is 0 Å². The van der Waals surface area contributed by atoms with Gasteiger partial charge >= 0.3 is 0 Å². The van der Waals surface area contributed by atoms with Gasteiger partial charge in [0.25, 0.3) is 0 Å². The molecule has 2 N–H and O–H groups in total. The molecule has 1 aromatic heterocycles. The molecule has 0 amide bonds. The van der Waals surface area contributed by atoms with Crippen molar-refractivity contribution >= 4 is 0 Å². The lowest BCUT2D eigenvalue weighted by atomic mass is 10.1. The SMILES string of the molecule is C=C(C)CC(N)c1ccncn1. The van der Waals surface area contributed by atoms with Crippen molar-refractivity contribution in [2.75, 3.05) is 0 Å². The molecule has 1 rings (SSSR count). The van der Waals surface area contributed by atoms with Gasteiger partial charge in [0.1, 0.15) is 6.33 Å². The molecule has 0 spiro atoms. The summed E-state index contributed by atoms with van der Waals surface area (Å²) in [5, 5.41) is 0. The van der Waals surface area contributed by atoms with Crippen molar-refractivity contribution in [3.63, 3.8) is 0 Å². The summed E-state index contributed by atoms with van der Waals surface area (Å²) in [6.07, 6.45) is 3.98. The highest BCUT2D eigenvalue weighted by Gasteiger charge is 2.05. The summed E-state index contributed by atoms with van der Waals surface area (Å²) in [7, 11) is 0. The van der Waals surface area contributed by atoms with E-state index in [2.05, 4.69) is 16.5 Å². The Bertz CT molecular complexity index is 256. The fourth-order valence-electron chi connectivity index (χ4n) is 1.00. The molecule has 12 heavy (non-hydrogen) atoms. The van der Waals surface area contributed by atoms with E-state index in [1.54, 1.807) is 6.20 Å². The number of hydrogen-bond donors (Lipinski definition) is 1. The van der Waals surface area contributed by atoms with Crippen LogP contribution in [0.25, 0.3) is 0 Å². The molecule has 0 fully saturated rings. The lowest BCUT2D eigenvalue weighted by molar-refractivity contribution is 0.689. The third-order valence-electron chi connectivity index (χ3n) is 1.55. The minimum atomic E-state index is -0.0505. The second-order valence-electron chi connectivity index (χ2n) is 2.90. The second kappa shape index (κ2) is 3.97. The summed E-state index contributed by atoms with van der Waals surface area (Å²) in [5.74, 6) is 0. The van der Waals surface area contributed by atoms with Crippen LogP contribution in [0.4, 0.5) is 0 Å². The highest BCUT2D eigenvalue weighted by molar-refractivity contribution is 5.07. The van der Waals surface area contributed by atoms with Crippen molar-refractivity contribution in [3.8, 4) is 0 Å². The Morgan fingerprint density at radius 3 is 3.00 bits per heavy atom. The van der Waals surface area contributed by atoms with Gasteiger partial charge in [-0.25, -0.2) is 9.97 Å². The van der Waals surface area contributed by atoms with E-state index >= 15 is 0 Å². The normalized spacial score (nSPS) is 12.5. The van der Waals surface area contributed by atoms with E-state index < -0.39 is 0 Å². The van der Waals surface area contributed by atoms with E-state index in [4.69, 9.17) is 5.73 Å². The molecule has 0 bridgehead atoms. The van der Waals surface area contributed by atoms with Gasteiger partial charge in [0, 0.05) is 6.20 Å². The van der Waals surface area contributed by atoms with Crippen LogP contribution in [0.1, 0.15) is 25.1 Å². The van der Waals surface area contributed by atoms with Gasteiger partial charge in [-0.05, 0) is 19.4 Å². The zero-order valence-electron chi connectivity index (χ0n) is 7.20. The van der Waals surface area contributed by atoms with Gasteiger partial charge in [-0.1, -0.05) is 5.57 Å². The third-order valence-corrected chi connectivity index (χ3v) is 1.55. The molecule has 0 aliphatic carbocycles. The highest BCUT2D eigenvalue weighted by atomic mass is 14.8. The summed E-state index contributed by atoms with van der Waals surface area (Å²) in [5.41, 5.74) is 7.78. The first-order chi connectivity index (χ1) is 5.70. The number of rotatable bonds is 3. The minimum absolute atomic E-state index is 0.0505. The molecule has 0 aromatic carbocycles. The molecule has 1 atom stereocenters. The zero-order valence-corrected chi connectivity index (χ0v) is 7.20. The molecule has 64 valence electrons. The zero-order chi connectivity index (χ0) is 8.97. The van der Waals surface area contributed by atoms with Crippen LogP contribution >= 0.6 is 0 Å². The Morgan fingerprint density at radius 2 is 2.50 bits per heavy atom. The van der Waals surface area contributed by atoms with Gasteiger partial charge in [-0.15, -0.1) is 6.58 Å². The van der Waals surface area contributed by atoms with Crippen LogP contribution in [-0.4, -0.2) is 9.97 Å². The molecule has 0 radical (unpaired) electrons. The van der Waals surface area contributed by atoms with Crippen molar-refractivity contribution in [2.24, 2.45) is 5.73 Å². The van der Waals surface area contributed by atoms with Crippen molar-refractivity contribution in [2.45, 2.75) is 19.4 Å². The number of aromatic nitrogens is 2. The number of nitrogens with zero attached hydrogens (tertiary/aromatic N) is 2. The second-order valence-corrected chi connectivity index (χ2v) is 2.90. The van der Waals surface area contributed by atoms with Crippen LogP contribution in [0.3, 0.4) is 0 Å². The van der Waals surface area contributed by atoms with E-state index in [0.717, 1.165) is 17.7 Å². The van der Waals surface area contributed by atoms with Crippen LogP contribution < -0.4 is 5.73 Å². The van der Waals surface area contributed by atoms with E-state index in [1.807, 2.05) is 13.0 Å². The maximum atomic E-state index is 5.84. The molecule has 1 unspecified atom stereocenters. The maximum absolute atomic E-state index is 5.84. The molecule has 0 aliphatic heterocycles. The largest absolute Gasteiger partial charge is 0.322 e. The van der Waals surface area contributed by atoms with Crippen LogP contribution in [-0.2, 0) is 0 Å². The Hall–Kier alpha value is -1.22. The smallest absolute Gasteiger partial charge is 0.115 e. The lowest BCUT2D eigenvalue weighted by Crippen LogP contribution is -2.12. The first kappa shape index (κ1) is 8.87. The van der Waals surface area contributed by atoms with Gasteiger partial charge in [0.2, 0.25) is 0 Å². The third kappa shape index (κ3) is 2.43. The van der Waals surface area contributed by atoms with Crippen molar-refractivity contribution in [1.82, 2.24) is 9.97 Å². The molecule has 3 heteroatoms. The van der Waals surface area contributed by atoms with Gasteiger partial charge in [-0.2, -0.15) is 0 Å². The Labute approximate surface area is 72.3 Å². The Morgan fingerprint density at radius 1 is 1.75 bits per heavy atom. The Kier molecular flexibility index (Phi) is 2.94. The lowest BCUT2D eigenvalue weighted by Gasteiger charge is -2.09. The molecule has 0 aliphatic rings. The molecule has 1 heterocycles. The topological polar surface area (TPSA) is 51.8 Å². The van der Waals surface area contributed by atoms with Crippen LogP contribution in [0.15, 0.2) is 30.7 Å². The van der Waals surface area contributed by atoms with Crippen molar-refractivity contribution in [3.05, 3.63) is 36.4 Å². The summed E-state index contributed by atoms with van der Waals surface area (Å²) < 4.78 is 0. The molecule has 1 aromatic rings. The van der Waals surface area contributed by atoms with E-state index in [0.29, 0.717) is 0 Å². The van der Waals surface area contributed by atoms with E-state index in [1.165, 1.54) is 6.33 Å². The number of nitrogens with two attached hydrogens (primary N) is 1. The molecular weight excluding hydrogens is 150 g/mol. The fraction of sp³-hybridized carbons (Fsp3) is 0.333. The van der Waals surface area contributed by atoms with Crippen molar-refractivity contribution in [1.29, 1.82) is 0 Å². The standard InChI is InChI=1S/C9H13N3/c1-7(2)5-8(10)9-3-4-11-6-12-9/h3-4,6,8H,1,5,10H2,2H3. The van der Waals surface area contributed by atoms with Gasteiger partial charge in [-0.3, -0.25) is 0 Å². The predicted molar refractivity (Wildman–Crippen MR) is 48.4 cm³/mol. The molecular formula is C9H13N3. The quantitative estimate of drug-likeness (QED) is 0.686. The summed E-state index contributed by atoms with van der Waals surface area (Å²) in [6.45, 7) is 5.76. The first-order valence-corrected chi connectivity index (χ1v) is 3.86. The summed E-state index contributed by atoms with van der Waals surface area (Å²) in [6, 6.07) is 1.78. The maximum Gasteiger partial charge on any atom is 0.115 e. The fourth-order valence-corrected chi connectivity index (χ4v) is 1.00. The molecule has 0 saturated heterocycles. The average molecular weight is 163 g/mol. The predicted octanol–water partition coefficient (Wildman–Crippen LogP) is 1.44. The monoisotopic (exact) mass is 163 g/mol. The first-order valence-electron chi connectivity index (χ1n) is 3.86.